The Balaban J connectivity index is 2.52. The van der Waals surface area contributed by atoms with Crippen molar-refractivity contribution in [1.82, 2.24) is 16.0 Å². The standard InChI is InChI=1S/C17H24N4O6/c1-10(15(25)21-13(9-22)17(27)19-8-14(23)24)20-16(26)12(18)7-11-5-3-2-4-6-11/h2-6,10,12-13,22H,7-9,18H2,1H3,(H,19,27)(H,20,26)(H,21,25)(H,23,24). The topological polar surface area (TPSA) is 171 Å². The van der Waals surface area contributed by atoms with Crippen molar-refractivity contribution in [3.05, 3.63) is 35.9 Å². The molecule has 7 N–H and O–H groups in total. The van der Waals surface area contributed by atoms with Crippen molar-refractivity contribution in [2.75, 3.05) is 13.2 Å². The molecule has 10 nitrogen and oxygen atoms in total. The number of nitrogens with two attached hydrogens (primary N) is 1. The Morgan fingerprint density at radius 3 is 2.22 bits per heavy atom. The number of amides is 3. The van der Waals surface area contributed by atoms with Crippen molar-refractivity contribution in [2.24, 2.45) is 5.73 Å². The third-order valence-corrected chi connectivity index (χ3v) is 3.62. The van der Waals surface area contributed by atoms with Crippen LogP contribution in [-0.4, -0.2) is 65.2 Å². The van der Waals surface area contributed by atoms with E-state index >= 15 is 0 Å². The summed E-state index contributed by atoms with van der Waals surface area (Å²) in [5, 5.41) is 24.4. The molecule has 1 rings (SSSR count). The van der Waals surface area contributed by atoms with Crippen LogP contribution in [0.2, 0.25) is 0 Å². The predicted octanol–water partition coefficient (Wildman–Crippen LogP) is -2.26. The van der Waals surface area contributed by atoms with Gasteiger partial charge < -0.3 is 31.9 Å². The van der Waals surface area contributed by atoms with E-state index in [-0.39, 0.29) is 6.42 Å². The lowest BCUT2D eigenvalue weighted by Crippen LogP contribution is -2.56. The zero-order chi connectivity index (χ0) is 20.4. The summed E-state index contributed by atoms with van der Waals surface area (Å²) in [5.41, 5.74) is 6.71. The Hall–Kier alpha value is -2.98. The second kappa shape index (κ2) is 10.9. The molecule has 3 atom stereocenters. The smallest absolute Gasteiger partial charge is 0.322 e. The number of carbonyl (C=O) groups excluding carboxylic acids is 3. The molecule has 0 aliphatic heterocycles. The Kier molecular flexibility index (Phi) is 8.90. The number of aliphatic carboxylic acids is 1. The zero-order valence-electron chi connectivity index (χ0n) is 14.8. The van der Waals surface area contributed by atoms with Crippen LogP contribution in [0.25, 0.3) is 0 Å². The summed E-state index contributed by atoms with van der Waals surface area (Å²) in [6.07, 6.45) is 0.290. The summed E-state index contributed by atoms with van der Waals surface area (Å²) in [6.45, 7) is 0.0171. The fourth-order valence-electron chi connectivity index (χ4n) is 2.12. The number of carboxylic acids is 1. The number of benzene rings is 1. The van der Waals surface area contributed by atoms with Gasteiger partial charge in [0.15, 0.2) is 0 Å². The van der Waals surface area contributed by atoms with Gasteiger partial charge in [0, 0.05) is 0 Å². The largest absolute Gasteiger partial charge is 0.480 e. The van der Waals surface area contributed by atoms with Crippen LogP contribution in [0.1, 0.15) is 12.5 Å². The maximum Gasteiger partial charge on any atom is 0.322 e. The minimum atomic E-state index is -1.34. The van der Waals surface area contributed by atoms with Gasteiger partial charge in [-0.15, -0.1) is 0 Å². The molecule has 0 fully saturated rings. The molecule has 3 amide bonds. The molecule has 0 aromatic heterocycles. The molecular weight excluding hydrogens is 356 g/mol. The third-order valence-electron chi connectivity index (χ3n) is 3.62. The first-order valence-corrected chi connectivity index (χ1v) is 8.25. The normalized spacial score (nSPS) is 13.7. The minimum absolute atomic E-state index is 0.290. The van der Waals surface area contributed by atoms with Gasteiger partial charge in [0.1, 0.15) is 18.6 Å². The Morgan fingerprint density at radius 2 is 1.67 bits per heavy atom. The first kappa shape index (κ1) is 22.1. The van der Waals surface area contributed by atoms with Crippen LogP contribution in [0, 0.1) is 0 Å². The van der Waals surface area contributed by atoms with Gasteiger partial charge in [-0.25, -0.2) is 0 Å². The highest BCUT2D eigenvalue weighted by Crippen LogP contribution is 2.02. The van der Waals surface area contributed by atoms with E-state index in [4.69, 9.17) is 10.8 Å². The zero-order valence-corrected chi connectivity index (χ0v) is 14.8. The Bertz CT molecular complexity index is 667. The predicted molar refractivity (Wildman–Crippen MR) is 95.4 cm³/mol. The molecule has 0 heterocycles. The van der Waals surface area contributed by atoms with Crippen LogP contribution >= 0.6 is 0 Å². The molecule has 1 aromatic rings. The maximum absolute atomic E-state index is 12.1. The molecule has 3 unspecified atom stereocenters. The molecule has 0 spiro atoms. The number of hydrogen-bond acceptors (Lipinski definition) is 6. The van der Waals surface area contributed by atoms with Crippen LogP contribution in [0.15, 0.2) is 30.3 Å². The quantitative estimate of drug-likeness (QED) is 0.266. The Morgan fingerprint density at radius 1 is 1.04 bits per heavy atom. The van der Waals surface area contributed by atoms with Crippen molar-refractivity contribution in [3.8, 4) is 0 Å². The van der Waals surface area contributed by atoms with E-state index in [1.165, 1.54) is 6.92 Å². The number of nitrogens with one attached hydrogen (secondary N) is 3. The number of carbonyl (C=O) groups is 4. The fraction of sp³-hybridized carbons (Fsp3) is 0.412. The maximum atomic E-state index is 12.1. The molecule has 0 bridgehead atoms. The van der Waals surface area contributed by atoms with E-state index in [9.17, 15) is 24.3 Å². The van der Waals surface area contributed by atoms with Crippen molar-refractivity contribution >= 4 is 23.7 Å². The molecule has 1 aromatic carbocycles. The average Bonchev–Trinajstić information content (AvgIpc) is 2.64. The number of carboxylic acid groups (broad SMARTS) is 1. The van der Waals surface area contributed by atoms with Crippen LogP contribution in [0.4, 0.5) is 0 Å². The van der Waals surface area contributed by atoms with Gasteiger partial charge in [-0.05, 0) is 18.9 Å². The fourth-order valence-corrected chi connectivity index (χ4v) is 2.12. The van der Waals surface area contributed by atoms with Crippen molar-refractivity contribution in [2.45, 2.75) is 31.5 Å². The lowest BCUT2D eigenvalue weighted by molar-refractivity contribution is -0.138. The lowest BCUT2D eigenvalue weighted by Gasteiger charge is -2.20. The van der Waals surface area contributed by atoms with E-state index in [1.54, 1.807) is 0 Å². The average molecular weight is 380 g/mol. The highest BCUT2D eigenvalue weighted by molar-refractivity contribution is 5.93. The van der Waals surface area contributed by atoms with Gasteiger partial charge >= 0.3 is 5.97 Å². The van der Waals surface area contributed by atoms with Gasteiger partial charge in [0.25, 0.3) is 0 Å². The Labute approximate surface area is 156 Å². The molecular formula is C17H24N4O6. The summed E-state index contributed by atoms with van der Waals surface area (Å²) in [4.78, 5) is 46.4. The summed E-state index contributed by atoms with van der Waals surface area (Å²) in [7, 11) is 0. The number of hydrogen-bond donors (Lipinski definition) is 6. The number of rotatable bonds is 10. The van der Waals surface area contributed by atoms with Crippen LogP contribution < -0.4 is 21.7 Å². The molecule has 27 heavy (non-hydrogen) atoms. The van der Waals surface area contributed by atoms with E-state index in [1.807, 2.05) is 35.6 Å². The summed E-state index contributed by atoms with van der Waals surface area (Å²) < 4.78 is 0. The lowest BCUT2D eigenvalue weighted by atomic mass is 10.1. The summed E-state index contributed by atoms with van der Waals surface area (Å²) >= 11 is 0. The first-order valence-electron chi connectivity index (χ1n) is 8.25. The van der Waals surface area contributed by atoms with Gasteiger partial charge in [0.05, 0.1) is 12.6 Å². The van der Waals surface area contributed by atoms with Gasteiger partial charge in [-0.2, -0.15) is 0 Å². The molecule has 0 saturated heterocycles. The summed E-state index contributed by atoms with van der Waals surface area (Å²) in [5.74, 6) is -3.39. The van der Waals surface area contributed by atoms with Gasteiger partial charge in [-0.3, -0.25) is 19.2 Å². The van der Waals surface area contributed by atoms with Crippen molar-refractivity contribution in [1.29, 1.82) is 0 Å². The SMILES string of the molecule is CC(NC(=O)C(N)Cc1ccccc1)C(=O)NC(CO)C(=O)NCC(=O)O. The molecule has 10 heteroatoms. The van der Waals surface area contributed by atoms with Gasteiger partial charge in [-0.1, -0.05) is 30.3 Å². The highest BCUT2D eigenvalue weighted by atomic mass is 16.4. The molecule has 148 valence electrons. The van der Waals surface area contributed by atoms with E-state index < -0.39 is 55.0 Å². The van der Waals surface area contributed by atoms with Crippen molar-refractivity contribution in [3.63, 3.8) is 0 Å². The second-order valence-corrected chi connectivity index (χ2v) is 5.88. The first-order chi connectivity index (χ1) is 12.7. The summed E-state index contributed by atoms with van der Waals surface area (Å²) in [6, 6.07) is 5.91. The van der Waals surface area contributed by atoms with Gasteiger partial charge in [0.2, 0.25) is 17.7 Å². The third kappa shape index (κ3) is 7.84. The van der Waals surface area contributed by atoms with Crippen LogP contribution in [0.5, 0.6) is 0 Å². The van der Waals surface area contributed by atoms with E-state index in [0.717, 1.165) is 5.56 Å². The highest BCUT2D eigenvalue weighted by Gasteiger charge is 2.25. The number of aliphatic hydroxyl groups is 1. The van der Waals surface area contributed by atoms with Crippen molar-refractivity contribution < 1.29 is 29.4 Å². The molecule has 0 aliphatic rings. The minimum Gasteiger partial charge on any atom is -0.480 e. The van der Waals surface area contributed by atoms with Crippen LogP contribution in [0.3, 0.4) is 0 Å². The molecule has 0 radical (unpaired) electrons. The monoisotopic (exact) mass is 380 g/mol. The molecule has 0 aliphatic carbocycles. The van der Waals surface area contributed by atoms with E-state index in [2.05, 4.69) is 10.6 Å². The second-order valence-electron chi connectivity index (χ2n) is 5.88. The van der Waals surface area contributed by atoms with E-state index in [0.29, 0.717) is 0 Å². The number of aliphatic hydroxyl groups excluding tert-OH is 1. The van der Waals surface area contributed by atoms with Crippen LogP contribution in [-0.2, 0) is 25.6 Å². The molecule has 0 saturated carbocycles.